The molecule has 1 aromatic carbocycles. The summed E-state index contributed by atoms with van der Waals surface area (Å²) in [6, 6.07) is 10.6. The first kappa shape index (κ1) is 24.0. The molecule has 6 nitrogen and oxygen atoms in total. The van der Waals surface area contributed by atoms with E-state index in [1.165, 1.54) is 27.7 Å². The first-order valence-electron chi connectivity index (χ1n) is 11.8. The van der Waals surface area contributed by atoms with Crippen LogP contribution in [0.25, 0.3) is 22.0 Å². The summed E-state index contributed by atoms with van der Waals surface area (Å²) >= 11 is 0. The lowest BCUT2D eigenvalue weighted by atomic mass is 9.89. The van der Waals surface area contributed by atoms with Crippen LogP contribution in [0.2, 0.25) is 0 Å². The second-order valence-electron chi connectivity index (χ2n) is 9.10. The number of aromatic amines is 1. The molecule has 1 aliphatic heterocycles. The number of pyridine rings is 1. The van der Waals surface area contributed by atoms with Crippen molar-refractivity contribution in [2.24, 2.45) is 0 Å². The molecule has 4 heterocycles. The van der Waals surface area contributed by atoms with Crippen molar-refractivity contribution in [2.45, 2.75) is 53.0 Å². The highest BCUT2D eigenvalue weighted by atomic mass is 35.5. The number of fused-ring (bicyclic) bond motifs is 1. The van der Waals surface area contributed by atoms with Crippen LogP contribution in [0, 0.1) is 20.8 Å². The summed E-state index contributed by atoms with van der Waals surface area (Å²) in [4.78, 5) is 23.6. The number of piperidine rings is 1. The maximum absolute atomic E-state index is 13.6. The molecule has 0 spiro atoms. The van der Waals surface area contributed by atoms with E-state index in [1.54, 1.807) is 0 Å². The van der Waals surface area contributed by atoms with Crippen LogP contribution >= 0.6 is 12.4 Å². The molecular weight excluding hydrogens is 446 g/mol. The van der Waals surface area contributed by atoms with E-state index in [4.69, 9.17) is 0 Å². The van der Waals surface area contributed by atoms with Crippen molar-refractivity contribution in [3.05, 3.63) is 70.9 Å². The topological polar surface area (TPSA) is 66.8 Å². The molecule has 34 heavy (non-hydrogen) atoms. The number of likely N-dealkylation sites (tertiary alicyclic amines) is 1. The Labute approximate surface area is 206 Å². The average molecular weight is 478 g/mol. The largest absolute Gasteiger partial charge is 0.357 e. The van der Waals surface area contributed by atoms with E-state index in [1.807, 2.05) is 35.8 Å². The minimum atomic E-state index is 0. The molecule has 1 fully saturated rings. The van der Waals surface area contributed by atoms with Crippen LogP contribution in [0.1, 0.15) is 58.7 Å². The highest BCUT2D eigenvalue weighted by molar-refractivity contribution is 5.99. The smallest absolute Gasteiger partial charge is 0.257 e. The molecule has 1 aliphatic rings. The number of halogens is 1. The Balaban J connectivity index is 0.00000274. The van der Waals surface area contributed by atoms with Gasteiger partial charge >= 0.3 is 0 Å². The molecule has 1 N–H and O–H groups in total. The highest BCUT2D eigenvalue weighted by Gasteiger charge is 2.31. The van der Waals surface area contributed by atoms with Crippen LogP contribution in [-0.2, 0) is 6.54 Å². The lowest BCUT2D eigenvalue weighted by Crippen LogP contribution is -2.39. The van der Waals surface area contributed by atoms with Gasteiger partial charge in [0.05, 0.1) is 11.3 Å². The van der Waals surface area contributed by atoms with Gasteiger partial charge in [0.15, 0.2) is 0 Å². The first-order valence-corrected chi connectivity index (χ1v) is 11.8. The third-order valence-electron chi connectivity index (χ3n) is 7.05. The molecule has 1 saturated heterocycles. The van der Waals surface area contributed by atoms with E-state index in [9.17, 15) is 4.79 Å². The fraction of sp³-hybridized carbons (Fsp3) is 0.370. The van der Waals surface area contributed by atoms with Gasteiger partial charge < -0.3 is 9.88 Å². The van der Waals surface area contributed by atoms with E-state index < -0.39 is 0 Å². The molecule has 0 radical (unpaired) electrons. The van der Waals surface area contributed by atoms with Gasteiger partial charge in [-0.2, -0.15) is 5.10 Å². The van der Waals surface area contributed by atoms with Crippen molar-refractivity contribution in [1.82, 2.24) is 24.6 Å². The van der Waals surface area contributed by atoms with Crippen LogP contribution in [0.15, 0.2) is 42.7 Å². The van der Waals surface area contributed by atoms with Gasteiger partial charge in [0, 0.05) is 65.8 Å². The molecule has 3 aromatic heterocycles. The minimum absolute atomic E-state index is 0. The minimum Gasteiger partial charge on any atom is -0.357 e. The van der Waals surface area contributed by atoms with Gasteiger partial charge in [0.1, 0.15) is 0 Å². The Hall–Kier alpha value is -3.12. The fourth-order valence-corrected chi connectivity index (χ4v) is 5.39. The number of rotatable bonds is 4. The second kappa shape index (κ2) is 9.63. The lowest BCUT2D eigenvalue weighted by Gasteiger charge is -2.33. The maximum Gasteiger partial charge on any atom is 0.257 e. The van der Waals surface area contributed by atoms with Gasteiger partial charge in [-0.05, 0) is 63.8 Å². The SMILES string of the molecule is CCn1nc(C)c(C(=O)N2CCCC(c3[nH]c4c(C)cccc4c3-c3ccncc3)C2)c1C.Cl. The number of hydrogen-bond acceptors (Lipinski definition) is 3. The number of H-pyrrole nitrogens is 1. The van der Waals surface area contributed by atoms with Crippen molar-refractivity contribution in [3.63, 3.8) is 0 Å². The third-order valence-corrected chi connectivity index (χ3v) is 7.05. The number of carbonyl (C=O) groups excluding carboxylic acids is 1. The number of aromatic nitrogens is 4. The highest BCUT2D eigenvalue weighted by Crippen LogP contribution is 2.40. The van der Waals surface area contributed by atoms with Gasteiger partial charge in [0.2, 0.25) is 0 Å². The average Bonchev–Trinajstić information content (AvgIpc) is 3.37. The summed E-state index contributed by atoms with van der Waals surface area (Å²) in [5, 5.41) is 5.80. The standard InChI is InChI=1S/C27H31N5O.ClH/c1-5-32-19(4)23(18(3)30-32)27(33)31-15-7-9-21(16-31)26-24(20-11-13-28-14-12-20)22-10-6-8-17(2)25(22)29-26;/h6,8,10-14,21,29H,5,7,9,15-16H2,1-4H3;1H. The predicted octanol–water partition coefficient (Wildman–Crippen LogP) is 5.81. The van der Waals surface area contributed by atoms with E-state index in [0.29, 0.717) is 6.54 Å². The summed E-state index contributed by atoms with van der Waals surface area (Å²) in [5.74, 6) is 0.353. The van der Waals surface area contributed by atoms with E-state index in [2.05, 4.69) is 59.2 Å². The van der Waals surface area contributed by atoms with E-state index in [0.717, 1.165) is 48.4 Å². The zero-order valence-corrected chi connectivity index (χ0v) is 21.1. The Bertz CT molecular complexity index is 1320. The molecular formula is C27H32ClN5O. The molecule has 5 rings (SSSR count). The molecule has 178 valence electrons. The normalized spacial score (nSPS) is 16.0. The Kier molecular flexibility index (Phi) is 6.80. The number of carbonyl (C=O) groups is 1. The quantitative estimate of drug-likeness (QED) is 0.403. The van der Waals surface area contributed by atoms with Crippen molar-refractivity contribution >= 4 is 29.2 Å². The van der Waals surface area contributed by atoms with Crippen LogP contribution in [-0.4, -0.2) is 43.6 Å². The molecule has 1 atom stereocenters. The number of benzene rings is 1. The molecule has 0 bridgehead atoms. The molecule has 0 aliphatic carbocycles. The van der Waals surface area contributed by atoms with Gasteiger partial charge in [-0.15, -0.1) is 12.4 Å². The first-order chi connectivity index (χ1) is 16.0. The van der Waals surface area contributed by atoms with E-state index >= 15 is 0 Å². The Morgan fingerprint density at radius 3 is 2.62 bits per heavy atom. The number of nitrogens with zero attached hydrogens (tertiary/aromatic N) is 4. The lowest BCUT2D eigenvalue weighted by molar-refractivity contribution is 0.0704. The van der Waals surface area contributed by atoms with Crippen molar-refractivity contribution < 1.29 is 4.79 Å². The predicted molar refractivity (Wildman–Crippen MR) is 139 cm³/mol. The monoisotopic (exact) mass is 477 g/mol. The van der Waals surface area contributed by atoms with Crippen molar-refractivity contribution in [3.8, 4) is 11.1 Å². The summed E-state index contributed by atoms with van der Waals surface area (Å²) < 4.78 is 1.92. The van der Waals surface area contributed by atoms with Crippen LogP contribution in [0.4, 0.5) is 0 Å². The third kappa shape index (κ3) is 4.00. The Morgan fingerprint density at radius 2 is 1.91 bits per heavy atom. The van der Waals surface area contributed by atoms with Gasteiger partial charge in [-0.3, -0.25) is 14.5 Å². The summed E-state index contributed by atoms with van der Waals surface area (Å²) in [6.45, 7) is 10.4. The van der Waals surface area contributed by atoms with Crippen LogP contribution in [0.5, 0.6) is 0 Å². The van der Waals surface area contributed by atoms with Gasteiger partial charge in [0.25, 0.3) is 5.91 Å². The molecule has 4 aromatic rings. The molecule has 0 saturated carbocycles. The number of para-hydroxylation sites is 1. The van der Waals surface area contributed by atoms with Gasteiger partial charge in [-0.1, -0.05) is 18.2 Å². The second-order valence-corrected chi connectivity index (χ2v) is 9.10. The van der Waals surface area contributed by atoms with Crippen molar-refractivity contribution in [2.75, 3.05) is 13.1 Å². The summed E-state index contributed by atoms with van der Waals surface area (Å²) in [7, 11) is 0. The van der Waals surface area contributed by atoms with Crippen LogP contribution < -0.4 is 0 Å². The van der Waals surface area contributed by atoms with Crippen LogP contribution in [0.3, 0.4) is 0 Å². The summed E-state index contributed by atoms with van der Waals surface area (Å²) in [6.07, 6.45) is 5.74. The number of aryl methyl sites for hydroxylation is 3. The zero-order chi connectivity index (χ0) is 23.1. The number of amides is 1. The Morgan fingerprint density at radius 1 is 1.15 bits per heavy atom. The fourth-order valence-electron chi connectivity index (χ4n) is 5.39. The van der Waals surface area contributed by atoms with E-state index in [-0.39, 0.29) is 24.2 Å². The number of nitrogens with one attached hydrogen (secondary N) is 1. The summed E-state index contributed by atoms with van der Waals surface area (Å²) in [5.41, 5.74) is 8.58. The molecule has 7 heteroatoms. The maximum atomic E-state index is 13.6. The number of hydrogen-bond donors (Lipinski definition) is 1. The van der Waals surface area contributed by atoms with Gasteiger partial charge in [-0.25, -0.2) is 0 Å². The van der Waals surface area contributed by atoms with Crippen molar-refractivity contribution in [1.29, 1.82) is 0 Å². The molecule has 1 amide bonds. The zero-order valence-electron chi connectivity index (χ0n) is 20.3. The molecule has 1 unspecified atom stereocenters.